The third kappa shape index (κ3) is 2.19. The molecule has 0 N–H and O–H groups in total. The fraction of sp³-hybridized carbons (Fsp3) is 0.222. The first-order chi connectivity index (χ1) is 7.77. The van der Waals surface area contributed by atoms with Crippen molar-refractivity contribution in [2.75, 3.05) is 5.12 Å². The van der Waals surface area contributed by atoms with Gasteiger partial charge in [0.2, 0.25) is 0 Å². The molecular weight excluding hydrogens is 241 g/mol. The Balaban J connectivity index is 3.60. The van der Waals surface area contributed by atoms with Crippen LogP contribution >= 0.6 is 0 Å². The lowest BCUT2D eigenvalue weighted by Crippen LogP contribution is -2.21. The van der Waals surface area contributed by atoms with Gasteiger partial charge in [-0.3, -0.25) is 14.9 Å². The summed E-state index contributed by atoms with van der Waals surface area (Å²) in [6.07, 6.45) is 0. The van der Waals surface area contributed by atoms with Crippen LogP contribution < -0.4 is 5.12 Å². The number of benzene rings is 1. The van der Waals surface area contributed by atoms with Gasteiger partial charge in [0.15, 0.2) is 11.5 Å². The van der Waals surface area contributed by atoms with Crippen molar-refractivity contribution in [1.82, 2.24) is 0 Å². The Morgan fingerprint density at radius 3 is 2.41 bits per heavy atom. The maximum atomic E-state index is 13.5. The first-order valence-corrected chi connectivity index (χ1v) is 4.36. The molecule has 0 saturated heterocycles. The molecular formula is C9H7F3N2O3. The second kappa shape index (κ2) is 4.40. The zero-order valence-electron chi connectivity index (χ0n) is 8.83. The SMILES string of the molecule is CC(=O)N(F)c1c([N+](=O)[O-])cc(F)c(C)c1F. The van der Waals surface area contributed by atoms with Gasteiger partial charge >= 0.3 is 5.69 Å². The molecule has 0 saturated carbocycles. The number of nitrogens with zero attached hydrogens (tertiary/aromatic N) is 2. The molecule has 1 aromatic carbocycles. The van der Waals surface area contributed by atoms with Gasteiger partial charge in [-0.15, -0.1) is 5.12 Å². The van der Waals surface area contributed by atoms with Crippen molar-refractivity contribution in [3.05, 3.63) is 33.4 Å². The van der Waals surface area contributed by atoms with E-state index in [-0.39, 0.29) is 0 Å². The molecule has 1 rings (SSSR count). The second-order valence-electron chi connectivity index (χ2n) is 3.22. The summed E-state index contributed by atoms with van der Waals surface area (Å²) >= 11 is 0. The van der Waals surface area contributed by atoms with Gasteiger partial charge in [0.25, 0.3) is 5.91 Å². The number of carbonyl (C=O) groups excluding carboxylic acids is 1. The average molecular weight is 248 g/mol. The molecule has 0 fully saturated rings. The van der Waals surface area contributed by atoms with Crippen LogP contribution in [-0.2, 0) is 4.79 Å². The zero-order valence-corrected chi connectivity index (χ0v) is 8.83. The number of hydrogen-bond donors (Lipinski definition) is 0. The number of anilines is 1. The topological polar surface area (TPSA) is 63.5 Å². The Kier molecular flexibility index (Phi) is 3.35. The Morgan fingerprint density at radius 2 is 2.00 bits per heavy atom. The predicted molar refractivity (Wildman–Crippen MR) is 52.0 cm³/mol. The Labute approximate surface area is 93.5 Å². The minimum atomic E-state index is -1.48. The molecule has 0 atom stereocenters. The Morgan fingerprint density at radius 1 is 1.47 bits per heavy atom. The molecule has 1 amide bonds. The summed E-state index contributed by atoms with van der Waals surface area (Å²) in [5.74, 6) is -3.91. The lowest BCUT2D eigenvalue weighted by molar-refractivity contribution is -0.384. The van der Waals surface area contributed by atoms with E-state index in [1.54, 1.807) is 0 Å². The fourth-order valence-electron chi connectivity index (χ4n) is 1.17. The number of hydrogen-bond acceptors (Lipinski definition) is 3. The molecule has 0 radical (unpaired) electrons. The molecule has 0 bridgehead atoms. The summed E-state index contributed by atoms with van der Waals surface area (Å²) in [6, 6.07) is 0.364. The number of nitro benzene ring substituents is 1. The van der Waals surface area contributed by atoms with Crippen LogP contribution in [0.4, 0.5) is 24.6 Å². The van der Waals surface area contributed by atoms with Crippen molar-refractivity contribution in [3.8, 4) is 0 Å². The van der Waals surface area contributed by atoms with E-state index >= 15 is 0 Å². The van der Waals surface area contributed by atoms with Crippen molar-refractivity contribution in [2.24, 2.45) is 0 Å². The highest BCUT2D eigenvalue weighted by molar-refractivity contribution is 5.92. The van der Waals surface area contributed by atoms with Gasteiger partial charge in [-0.25, -0.2) is 8.78 Å². The van der Waals surface area contributed by atoms with Crippen molar-refractivity contribution in [2.45, 2.75) is 13.8 Å². The van der Waals surface area contributed by atoms with E-state index in [9.17, 15) is 28.2 Å². The minimum Gasteiger partial charge on any atom is -0.272 e. The highest BCUT2D eigenvalue weighted by atomic mass is 19.2. The van der Waals surface area contributed by atoms with Crippen molar-refractivity contribution in [3.63, 3.8) is 0 Å². The van der Waals surface area contributed by atoms with Crippen LogP contribution in [0.5, 0.6) is 0 Å². The monoisotopic (exact) mass is 248 g/mol. The van der Waals surface area contributed by atoms with Gasteiger partial charge in [-0.1, -0.05) is 4.48 Å². The van der Waals surface area contributed by atoms with Gasteiger partial charge in [-0.05, 0) is 6.92 Å². The summed E-state index contributed by atoms with van der Waals surface area (Å²) in [5.41, 5.74) is -2.95. The van der Waals surface area contributed by atoms with Crippen LogP contribution in [-0.4, -0.2) is 10.8 Å². The number of nitro groups is 1. The molecule has 0 aliphatic rings. The van der Waals surface area contributed by atoms with Crippen LogP contribution in [0.1, 0.15) is 12.5 Å². The first kappa shape index (κ1) is 12.9. The van der Waals surface area contributed by atoms with Gasteiger partial charge in [-0.2, -0.15) is 0 Å². The normalized spacial score (nSPS) is 10.2. The third-order valence-corrected chi connectivity index (χ3v) is 2.07. The molecule has 5 nitrogen and oxygen atoms in total. The molecule has 0 aliphatic heterocycles. The smallest absolute Gasteiger partial charge is 0.272 e. The zero-order chi connectivity index (χ0) is 13.3. The molecule has 0 heterocycles. The molecule has 0 aliphatic carbocycles. The summed E-state index contributed by atoms with van der Waals surface area (Å²) in [5, 5.41) is 9.81. The highest BCUT2D eigenvalue weighted by Gasteiger charge is 2.30. The van der Waals surface area contributed by atoms with Gasteiger partial charge in [0.05, 0.1) is 11.0 Å². The van der Waals surface area contributed by atoms with E-state index in [1.165, 1.54) is 0 Å². The molecule has 0 aromatic heterocycles. The summed E-state index contributed by atoms with van der Waals surface area (Å²) < 4.78 is 39.9. The maximum absolute atomic E-state index is 13.5. The number of halogens is 3. The van der Waals surface area contributed by atoms with E-state index in [2.05, 4.69) is 0 Å². The number of rotatable bonds is 2. The van der Waals surface area contributed by atoms with Crippen LogP contribution in [0.3, 0.4) is 0 Å². The number of carbonyl (C=O) groups is 1. The quantitative estimate of drug-likeness (QED) is 0.458. The van der Waals surface area contributed by atoms with Gasteiger partial charge in [0.1, 0.15) is 5.82 Å². The van der Waals surface area contributed by atoms with Crippen LogP contribution in [0, 0.1) is 28.7 Å². The lowest BCUT2D eigenvalue weighted by Gasteiger charge is -2.12. The molecule has 1 aromatic rings. The summed E-state index contributed by atoms with van der Waals surface area (Å²) in [6.45, 7) is 1.73. The van der Waals surface area contributed by atoms with Gasteiger partial charge in [0, 0.05) is 12.5 Å². The lowest BCUT2D eigenvalue weighted by atomic mass is 10.1. The van der Waals surface area contributed by atoms with Crippen molar-refractivity contribution >= 4 is 17.3 Å². The molecule has 92 valence electrons. The molecule has 0 spiro atoms. The fourth-order valence-corrected chi connectivity index (χ4v) is 1.17. The highest BCUT2D eigenvalue weighted by Crippen LogP contribution is 2.34. The Bertz CT molecular complexity index is 505. The molecule has 0 unspecified atom stereocenters. The minimum absolute atomic E-state index is 0.364. The van der Waals surface area contributed by atoms with E-state index in [0.717, 1.165) is 13.8 Å². The largest absolute Gasteiger partial charge is 0.301 e. The van der Waals surface area contributed by atoms with Crippen LogP contribution in [0.25, 0.3) is 0 Å². The maximum Gasteiger partial charge on any atom is 0.301 e. The Hall–Kier alpha value is -2.12. The summed E-state index contributed by atoms with van der Waals surface area (Å²) in [7, 11) is 0. The van der Waals surface area contributed by atoms with E-state index in [4.69, 9.17) is 0 Å². The standard InChI is InChI=1S/C9H7F3N2O3/c1-4-6(10)3-7(14(16)17)9(8(4)11)13(12)5(2)15/h3H,1-2H3. The van der Waals surface area contributed by atoms with E-state index in [1.807, 2.05) is 0 Å². The van der Waals surface area contributed by atoms with E-state index < -0.39 is 44.5 Å². The van der Waals surface area contributed by atoms with E-state index in [0.29, 0.717) is 6.07 Å². The van der Waals surface area contributed by atoms with Crippen molar-refractivity contribution < 1.29 is 23.0 Å². The average Bonchev–Trinajstić information content (AvgIpc) is 2.24. The molecule has 17 heavy (non-hydrogen) atoms. The molecule has 8 heteroatoms. The van der Waals surface area contributed by atoms with Crippen LogP contribution in [0.2, 0.25) is 0 Å². The summed E-state index contributed by atoms with van der Waals surface area (Å²) in [4.78, 5) is 20.1. The van der Waals surface area contributed by atoms with Crippen LogP contribution in [0.15, 0.2) is 6.07 Å². The van der Waals surface area contributed by atoms with Gasteiger partial charge < -0.3 is 0 Å². The number of amides is 1. The second-order valence-corrected chi connectivity index (χ2v) is 3.22. The predicted octanol–water partition coefficient (Wildman–Crippen LogP) is 2.42. The first-order valence-electron chi connectivity index (χ1n) is 4.36. The van der Waals surface area contributed by atoms with Crippen molar-refractivity contribution in [1.29, 1.82) is 0 Å². The third-order valence-electron chi connectivity index (χ3n) is 2.07.